The van der Waals surface area contributed by atoms with E-state index in [-0.39, 0.29) is 36.4 Å². The summed E-state index contributed by atoms with van der Waals surface area (Å²) in [6, 6.07) is 14.7. The molecule has 2 aliphatic heterocycles. The van der Waals surface area contributed by atoms with Crippen LogP contribution in [0.5, 0.6) is 0 Å². The van der Waals surface area contributed by atoms with Crippen LogP contribution in [0.4, 0.5) is 17.5 Å². The molecule has 4 heterocycles. The van der Waals surface area contributed by atoms with E-state index in [2.05, 4.69) is 46.4 Å². The lowest BCUT2D eigenvalue weighted by Gasteiger charge is -2.33. The Morgan fingerprint density at radius 2 is 1.61 bits per heavy atom. The summed E-state index contributed by atoms with van der Waals surface area (Å²) in [5.41, 5.74) is 3.56. The van der Waals surface area contributed by atoms with E-state index in [1.807, 2.05) is 24.3 Å². The minimum atomic E-state index is -0.930. The number of amides is 2. The number of benzene rings is 2. The average Bonchev–Trinajstić information content (AvgIpc) is 3.63. The van der Waals surface area contributed by atoms with E-state index in [9.17, 15) is 19.8 Å². The Kier molecular flexibility index (Phi) is 7.95. The maximum atomic E-state index is 13.1. The minimum Gasteiger partial charge on any atom is -0.388 e. The number of carbonyl (C=O) groups excluding carboxylic acids is 2. The molecule has 2 aromatic carbocycles. The Balaban J connectivity index is 1.14. The second-order valence-corrected chi connectivity index (χ2v) is 12.6. The van der Waals surface area contributed by atoms with Gasteiger partial charge in [-0.15, -0.1) is 5.10 Å². The minimum absolute atomic E-state index is 0.0232. The van der Waals surface area contributed by atoms with Gasteiger partial charge in [-0.1, -0.05) is 32.9 Å². The van der Waals surface area contributed by atoms with Crippen LogP contribution in [0.25, 0.3) is 5.65 Å². The number of piperidine rings is 1. The van der Waals surface area contributed by atoms with Gasteiger partial charge in [-0.05, 0) is 60.2 Å². The van der Waals surface area contributed by atoms with Crippen LogP contribution in [-0.2, 0) is 5.41 Å². The van der Waals surface area contributed by atoms with Crippen LogP contribution in [0.3, 0.4) is 0 Å². The van der Waals surface area contributed by atoms with Gasteiger partial charge in [-0.2, -0.15) is 4.98 Å². The molecule has 230 valence electrons. The van der Waals surface area contributed by atoms with E-state index in [0.29, 0.717) is 40.8 Å². The SMILES string of the molecule is CC(C)(C)c1ccc(C(=O)N[C@@H]2CCCN(c3nc(Nc4ccc(C(=O)N5C[C@H](O)[C@@H](O)C5)cc4)c4nccn4n3)C2)cc1. The van der Waals surface area contributed by atoms with E-state index in [1.165, 1.54) is 10.5 Å². The largest absolute Gasteiger partial charge is 0.388 e. The van der Waals surface area contributed by atoms with Gasteiger partial charge in [-0.25, -0.2) is 9.50 Å². The summed E-state index contributed by atoms with van der Waals surface area (Å²) < 4.78 is 1.67. The van der Waals surface area contributed by atoms with Crippen molar-refractivity contribution in [3.8, 4) is 0 Å². The quantitative estimate of drug-likeness (QED) is 0.263. The monoisotopic (exact) mass is 598 g/mol. The maximum absolute atomic E-state index is 13.1. The van der Waals surface area contributed by atoms with Crippen molar-refractivity contribution >= 4 is 34.9 Å². The molecule has 0 radical (unpaired) electrons. The lowest BCUT2D eigenvalue weighted by atomic mass is 9.86. The highest BCUT2D eigenvalue weighted by molar-refractivity contribution is 5.95. The number of aliphatic hydroxyl groups is 2. The van der Waals surface area contributed by atoms with Gasteiger partial charge in [0, 0.05) is 61.4 Å². The van der Waals surface area contributed by atoms with E-state index in [4.69, 9.17) is 4.98 Å². The van der Waals surface area contributed by atoms with Crippen molar-refractivity contribution in [3.05, 3.63) is 77.6 Å². The molecule has 2 amide bonds. The molecule has 4 aromatic rings. The predicted octanol–water partition coefficient (Wildman–Crippen LogP) is 2.74. The summed E-state index contributed by atoms with van der Waals surface area (Å²) in [5.74, 6) is 0.685. The highest BCUT2D eigenvalue weighted by Gasteiger charge is 2.33. The van der Waals surface area contributed by atoms with Crippen LogP contribution in [0.2, 0.25) is 0 Å². The number of aliphatic hydroxyl groups excluding tert-OH is 2. The Morgan fingerprint density at radius 1 is 0.932 bits per heavy atom. The second-order valence-electron chi connectivity index (χ2n) is 12.6. The van der Waals surface area contributed by atoms with Crippen molar-refractivity contribution in [2.75, 3.05) is 36.4 Å². The number of rotatable bonds is 6. The number of fused-ring (bicyclic) bond motifs is 1. The van der Waals surface area contributed by atoms with Crippen LogP contribution < -0.4 is 15.5 Å². The molecule has 0 spiro atoms. The van der Waals surface area contributed by atoms with Gasteiger partial charge < -0.3 is 30.6 Å². The topological polar surface area (TPSA) is 148 Å². The number of anilines is 3. The van der Waals surface area contributed by atoms with Crippen LogP contribution in [0.15, 0.2) is 60.9 Å². The molecule has 0 saturated carbocycles. The lowest BCUT2D eigenvalue weighted by Crippen LogP contribution is -2.48. The normalized spacial score (nSPS) is 20.6. The summed E-state index contributed by atoms with van der Waals surface area (Å²) in [4.78, 5) is 38.6. The zero-order chi connectivity index (χ0) is 31.0. The molecule has 2 aliphatic rings. The third-order valence-electron chi connectivity index (χ3n) is 8.24. The van der Waals surface area contributed by atoms with Crippen molar-refractivity contribution in [1.29, 1.82) is 0 Å². The van der Waals surface area contributed by atoms with Gasteiger partial charge in [0.05, 0.1) is 12.2 Å². The van der Waals surface area contributed by atoms with Crippen LogP contribution in [0, 0.1) is 0 Å². The van der Waals surface area contributed by atoms with Crippen LogP contribution >= 0.6 is 0 Å². The van der Waals surface area contributed by atoms with Crippen LogP contribution in [-0.4, -0.2) is 90.9 Å². The molecule has 6 rings (SSSR count). The molecule has 2 aromatic heterocycles. The molecule has 12 nitrogen and oxygen atoms in total. The number of aromatic nitrogens is 4. The molecule has 2 fully saturated rings. The van der Waals surface area contributed by atoms with Gasteiger partial charge in [-0.3, -0.25) is 9.59 Å². The van der Waals surface area contributed by atoms with Crippen molar-refractivity contribution in [2.24, 2.45) is 0 Å². The molecule has 4 N–H and O–H groups in total. The molecule has 44 heavy (non-hydrogen) atoms. The summed E-state index contributed by atoms with van der Waals surface area (Å²) in [6.45, 7) is 7.98. The lowest BCUT2D eigenvalue weighted by molar-refractivity contribution is 0.0572. The van der Waals surface area contributed by atoms with Crippen LogP contribution in [0.1, 0.15) is 59.9 Å². The third kappa shape index (κ3) is 6.22. The number of hydrogen-bond donors (Lipinski definition) is 4. The van der Waals surface area contributed by atoms with Gasteiger partial charge >= 0.3 is 0 Å². The Hall–Kier alpha value is -4.55. The molecular weight excluding hydrogens is 560 g/mol. The number of imidazole rings is 1. The standard InChI is InChI=1S/C32H38N8O4/c1-32(2,3)22-10-6-20(7-11-22)29(43)35-24-5-4-15-38(17-24)31-36-27(28-33-14-16-40(28)37-31)34-23-12-8-21(9-13-23)30(44)39-18-25(41)26(42)19-39/h6-14,16,24-26,41-42H,4-5,15,17-19H2,1-3H3,(H,35,43)(H,34,36,37)/t24-,25+,26+/m1/s1. The zero-order valence-corrected chi connectivity index (χ0v) is 25.1. The number of β-amino-alcohol motifs (C(OH)–C–C–N with tert-alkyl or cyclic N) is 2. The molecule has 3 atom stereocenters. The number of nitrogens with zero attached hydrogens (tertiary/aromatic N) is 6. The molecule has 12 heteroatoms. The van der Waals surface area contributed by atoms with Gasteiger partial charge in [0.15, 0.2) is 11.5 Å². The first-order valence-electron chi connectivity index (χ1n) is 15.0. The number of nitrogens with one attached hydrogen (secondary N) is 2. The Morgan fingerprint density at radius 3 is 2.30 bits per heavy atom. The highest BCUT2D eigenvalue weighted by atomic mass is 16.3. The fourth-order valence-corrected chi connectivity index (χ4v) is 5.65. The maximum Gasteiger partial charge on any atom is 0.254 e. The number of hydrogen-bond acceptors (Lipinski definition) is 9. The zero-order valence-electron chi connectivity index (χ0n) is 25.1. The first-order valence-corrected chi connectivity index (χ1v) is 15.0. The fraction of sp³-hybridized carbons (Fsp3) is 0.406. The van der Waals surface area contributed by atoms with Crippen molar-refractivity contribution in [1.82, 2.24) is 29.8 Å². The van der Waals surface area contributed by atoms with Crippen molar-refractivity contribution < 1.29 is 19.8 Å². The summed E-state index contributed by atoms with van der Waals surface area (Å²) >= 11 is 0. The first kappa shape index (κ1) is 29.5. The van der Waals surface area contributed by atoms with Crippen molar-refractivity contribution in [3.63, 3.8) is 0 Å². The summed E-state index contributed by atoms with van der Waals surface area (Å²) in [5, 5.41) is 30.8. The van der Waals surface area contributed by atoms with E-state index >= 15 is 0 Å². The molecule has 2 saturated heterocycles. The third-order valence-corrected chi connectivity index (χ3v) is 8.24. The fourth-order valence-electron chi connectivity index (χ4n) is 5.65. The molecule has 0 bridgehead atoms. The molecular formula is C32H38N8O4. The first-order chi connectivity index (χ1) is 21.0. The Bertz CT molecular complexity index is 1640. The molecule has 0 unspecified atom stereocenters. The van der Waals surface area contributed by atoms with Gasteiger partial charge in [0.2, 0.25) is 5.95 Å². The Labute approximate surface area is 255 Å². The summed E-state index contributed by atoms with van der Waals surface area (Å²) in [6.07, 6.45) is 3.30. The average molecular weight is 599 g/mol. The van der Waals surface area contributed by atoms with E-state index in [1.54, 1.807) is 41.2 Å². The highest BCUT2D eigenvalue weighted by Crippen LogP contribution is 2.25. The molecule has 0 aliphatic carbocycles. The number of carbonyl (C=O) groups is 2. The van der Waals surface area contributed by atoms with Gasteiger partial charge in [0.25, 0.3) is 11.8 Å². The number of likely N-dealkylation sites (tertiary alicyclic amines) is 1. The second kappa shape index (κ2) is 11.9. The van der Waals surface area contributed by atoms with E-state index in [0.717, 1.165) is 19.4 Å². The smallest absolute Gasteiger partial charge is 0.254 e. The predicted molar refractivity (Wildman–Crippen MR) is 166 cm³/mol. The summed E-state index contributed by atoms with van der Waals surface area (Å²) in [7, 11) is 0. The van der Waals surface area contributed by atoms with Gasteiger partial charge in [0.1, 0.15) is 0 Å². The van der Waals surface area contributed by atoms with E-state index < -0.39 is 12.2 Å². The van der Waals surface area contributed by atoms with Crippen molar-refractivity contribution in [2.45, 2.75) is 57.3 Å².